The Labute approximate surface area is 95.0 Å². The van der Waals surface area contributed by atoms with Gasteiger partial charge < -0.3 is 14.9 Å². The Morgan fingerprint density at radius 2 is 2.31 bits per heavy atom. The maximum atomic E-state index is 12.1. The number of carbonyl (C=O) groups is 2. The van der Waals surface area contributed by atoms with Crippen molar-refractivity contribution in [3.05, 3.63) is 0 Å². The Morgan fingerprint density at radius 3 is 2.88 bits per heavy atom. The Morgan fingerprint density at radius 1 is 1.56 bits per heavy atom. The van der Waals surface area contributed by atoms with Gasteiger partial charge in [0.25, 0.3) is 0 Å². The lowest BCUT2D eigenvalue weighted by atomic mass is 10.1. The van der Waals surface area contributed by atoms with E-state index in [1.54, 1.807) is 16.8 Å². The molecule has 2 heterocycles. The van der Waals surface area contributed by atoms with Crippen molar-refractivity contribution in [2.75, 3.05) is 26.7 Å². The fourth-order valence-corrected chi connectivity index (χ4v) is 2.58. The number of hydrogen-bond acceptors (Lipinski definition) is 3. The van der Waals surface area contributed by atoms with E-state index < -0.39 is 0 Å². The third kappa shape index (κ3) is 1.91. The van der Waals surface area contributed by atoms with Crippen LogP contribution in [0.3, 0.4) is 0 Å². The number of likely N-dealkylation sites (tertiary alicyclic amines) is 2. The molecule has 90 valence electrons. The topological polar surface area (TPSA) is 60.9 Å². The molecule has 0 spiro atoms. The Kier molecular flexibility index (Phi) is 3.14. The minimum Gasteiger partial charge on any atom is -0.394 e. The third-order valence-corrected chi connectivity index (χ3v) is 3.56. The van der Waals surface area contributed by atoms with E-state index in [-0.39, 0.29) is 30.4 Å². The molecule has 2 aliphatic rings. The van der Waals surface area contributed by atoms with E-state index in [2.05, 4.69) is 0 Å². The second-order valence-electron chi connectivity index (χ2n) is 4.69. The van der Waals surface area contributed by atoms with Gasteiger partial charge in [0.15, 0.2) is 0 Å². The third-order valence-electron chi connectivity index (χ3n) is 3.56. The Hall–Kier alpha value is -1.10. The molecule has 1 N–H and O–H groups in total. The van der Waals surface area contributed by atoms with Gasteiger partial charge in [0.05, 0.1) is 18.6 Å². The summed E-state index contributed by atoms with van der Waals surface area (Å²) in [5.41, 5.74) is 0. The first-order chi connectivity index (χ1) is 7.63. The van der Waals surface area contributed by atoms with E-state index >= 15 is 0 Å². The number of hydrogen-bond donors (Lipinski definition) is 1. The quantitative estimate of drug-likeness (QED) is 0.687. The van der Waals surface area contributed by atoms with Crippen LogP contribution in [-0.4, -0.2) is 59.5 Å². The van der Waals surface area contributed by atoms with Crippen molar-refractivity contribution in [1.82, 2.24) is 9.80 Å². The number of rotatable bonds is 2. The molecule has 2 fully saturated rings. The fourth-order valence-electron chi connectivity index (χ4n) is 2.58. The van der Waals surface area contributed by atoms with Gasteiger partial charge in [0.1, 0.15) is 0 Å². The van der Waals surface area contributed by atoms with E-state index in [0.29, 0.717) is 13.0 Å². The first-order valence-corrected chi connectivity index (χ1v) is 5.78. The van der Waals surface area contributed by atoms with Crippen LogP contribution in [-0.2, 0) is 9.59 Å². The maximum absolute atomic E-state index is 12.1. The summed E-state index contributed by atoms with van der Waals surface area (Å²) in [5, 5.41) is 9.16. The van der Waals surface area contributed by atoms with Gasteiger partial charge in [0.2, 0.25) is 11.8 Å². The van der Waals surface area contributed by atoms with E-state index in [4.69, 9.17) is 5.11 Å². The molecule has 2 atom stereocenters. The SMILES string of the molecule is CN1CC(C(=O)N2CCC[C@H]2CO)CC1=O. The Bertz CT molecular complexity index is 306. The number of nitrogens with zero attached hydrogens (tertiary/aromatic N) is 2. The average molecular weight is 226 g/mol. The summed E-state index contributed by atoms with van der Waals surface area (Å²) in [6.07, 6.45) is 2.15. The predicted molar refractivity (Wildman–Crippen MR) is 57.6 cm³/mol. The van der Waals surface area contributed by atoms with Crippen LogP contribution in [0.15, 0.2) is 0 Å². The van der Waals surface area contributed by atoms with Crippen LogP contribution in [0.25, 0.3) is 0 Å². The lowest BCUT2D eigenvalue weighted by Gasteiger charge is -2.25. The maximum Gasteiger partial charge on any atom is 0.228 e. The van der Waals surface area contributed by atoms with Crippen molar-refractivity contribution >= 4 is 11.8 Å². The molecule has 0 aromatic rings. The smallest absolute Gasteiger partial charge is 0.228 e. The molecular weight excluding hydrogens is 208 g/mol. The summed E-state index contributed by atoms with van der Waals surface area (Å²) >= 11 is 0. The second-order valence-corrected chi connectivity index (χ2v) is 4.69. The van der Waals surface area contributed by atoms with Crippen LogP contribution in [0, 0.1) is 5.92 Å². The highest BCUT2D eigenvalue weighted by Gasteiger charge is 2.38. The van der Waals surface area contributed by atoms with Crippen molar-refractivity contribution in [2.45, 2.75) is 25.3 Å². The van der Waals surface area contributed by atoms with E-state index in [1.165, 1.54) is 0 Å². The van der Waals surface area contributed by atoms with Gasteiger partial charge in [-0.05, 0) is 12.8 Å². The summed E-state index contributed by atoms with van der Waals surface area (Å²) < 4.78 is 0. The van der Waals surface area contributed by atoms with E-state index in [9.17, 15) is 9.59 Å². The first kappa shape index (κ1) is 11.4. The van der Waals surface area contributed by atoms with Gasteiger partial charge in [-0.2, -0.15) is 0 Å². The van der Waals surface area contributed by atoms with Crippen molar-refractivity contribution in [3.63, 3.8) is 0 Å². The van der Waals surface area contributed by atoms with Crippen LogP contribution < -0.4 is 0 Å². The first-order valence-electron chi connectivity index (χ1n) is 5.78. The molecule has 16 heavy (non-hydrogen) atoms. The molecule has 2 amide bonds. The molecule has 1 unspecified atom stereocenters. The minimum atomic E-state index is -0.204. The molecule has 0 aliphatic carbocycles. The fraction of sp³-hybridized carbons (Fsp3) is 0.818. The van der Waals surface area contributed by atoms with Gasteiger partial charge in [-0.1, -0.05) is 0 Å². The molecule has 5 heteroatoms. The van der Waals surface area contributed by atoms with Crippen molar-refractivity contribution in [2.24, 2.45) is 5.92 Å². The second kappa shape index (κ2) is 4.41. The number of aliphatic hydroxyl groups excluding tert-OH is 1. The zero-order valence-electron chi connectivity index (χ0n) is 9.56. The highest BCUT2D eigenvalue weighted by molar-refractivity contribution is 5.89. The van der Waals surface area contributed by atoms with Gasteiger partial charge in [-0.3, -0.25) is 9.59 Å². The van der Waals surface area contributed by atoms with Gasteiger partial charge in [-0.25, -0.2) is 0 Å². The summed E-state index contributed by atoms with van der Waals surface area (Å²) in [7, 11) is 1.73. The molecule has 0 aromatic heterocycles. The summed E-state index contributed by atoms with van der Waals surface area (Å²) in [5.74, 6) is -0.128. The Balaban J connectivity index is 2.00. The zero-order chi connectivity index (χ0) is 11.7. The highest BCUT2D eigenvalue weighted by atomic mass is 16.3. The van der Waals surface area contributed by atoms with Crippen LogP contribution in [0.2, 0.25) is 0 Å². The molecule has 2 rings (SSSR count). The van der Waals surface area contributed by atoms with Crippen molar-refractivity contribution in [1.29, 1.82) is 0 Å². The summed E-state index contributed by atoms with van der Waals surface area (Å²) in [6.45, 7) is 1.27. The van der Waals surface area contributed by atoms with Crippen LogP contribution in [0.4, 0.5) is 0 Å². The van der Waals surface area contributed by atoms with Crippen molar-refractivity contribution < 1.29 is 14.7 Å². The van der Waals surface area contributed by atoms with Gasteiger partial charge in [0, 0.05) is 26.6 Å². The number of carbonyl (C=O) groups excluding carboxylic acids is 2. The van der Waals surface area contributed by atoms with E-state index in [1.807, 2.05) is 0 Å². The lowest BCUT2D eigenvalue weighted by molar-refractivity contribution is -0.137. The van der Waals surface area contributed by atoms with Gasteiger partial charge in [-0.15, -0.1) is 0 Å². The number of amides is 2. The molecule has 0 saturated carbocycles. The largest absolute Gasteiger partial charge is 0.394 e. The predicted octanol–water partition coefficient (Wildman–Crippen LogP) is -0.552. The monoisotopic (exact) mass is 226 g/mol. The van der Waals surface area contributed by atoms with Crippen LogP contribution in [0.5, 0.6) is 0 Å². The standard InChI is InChI=1S/C11H18N2O3/c1-12-6-8(5-10(12)15)11(16)13-4-2-3-9(13)7-14/h8-9,14H,2-7H2,1H3/t8?,9-/m0/s1. The van der Waals surface area contributed by atoms with Crippen molar-refractivity contribution in [3.8, 4) is 0 Å². The lowest BCUT2D eigenvalue weighted by Crippen LogP contribution is -2.41. The summed E-state index contributed by atoms with van der Waals surface area (Å²) in [6, 6.07) is -0.0338. The van der Waals surface area contributed by atoms with Crippen LogP contribution in [0.1, 0.15) is 19.3 Å². The molecule has 2 aliphatic heterocycles. The average Bonchev–Trinajstić information content (AvgIpc) is 2.85. The van der Waals surface area contributed by atoms with Gasteiger partial charge >= 0.3 is 0 Å². The molecule has 0 radical (unpaired) electrons. The normalized spacial score (nSPS) is 30.2. The van der Waals surface area contributed by atoms with Crippen LogP contribution >= 0.6 is 0 Å². The molecular formula is C11H18N2O3. The molecule has 0 bridgehead atoms. The summed E-state index contributed by atoms with van der Waals surface area (Å²) in [4.78, 5) is 26.9. The molecule has 2 saturated heterocycles. The molecule has 5 nitrogen and oxygen atoms in total. The zero-order valence-corrected chi connectivity index (χ0v) is 9.56. The number of aliphatic hydroxyl groups is 1. The van der Waals surface area contributed by atoms with E-state index in [0.717, 1.165) is 19.4 Å². The minimum absolute atomic E-state index is 0.0300. The highest BCUT2D eigenvalue weighted by Crippen LogP contribution is 2.24. The molecule has 0 aromatic carbocycles.